The molecule has 9 heteroatoms. The van der Waals surface area contributed by atoms with Crippen LogP contribution in [0.4, 0.5) is 4.39 Å². The van der Waals surface area contributed by atoms with Gasteiger partial charge in [0, 0.05) is 34.0 Å². The van der Waals surface area contributed by atoms with Crippen molar-refractivity contribution in [2.24, 2.45) is 0 Å². The number of methoxy groups -OCH3 is 3. The molecule has 3 rings (SSSR count). The molecule has 0 fully saturated rings. The zero-order valence-corrected chi connectivity index (χ0v) is 18.7. The summed E-state index contributed by atoms with van der Waals surface area (Å²) in [5.74, 6) is 0.421. The van der Waals surface area contributed by atoms with Crippen LogP contribution in [0.3, 0.4) is 0 Å². The van der Waals surface area contributed by atoms with Gasteiger partial charge in [0.1, 0.15) is 5.82 Å². The molecule has 3 N–H and O–H groups in total. The minimum atomic E-state index is -0.992. The predicted octanol–water partition coefficient (Wildman–Crippen LogP) is 3.64. The monoisotopic (exact) mass is 461 g/mol. The minimum Gasteiger partial charge on any atom is -0.493 e. The van der Waals surface area contributed by atoms with Gasteiger partial charge in [0.25, 0.3) is 0 Å². The zero-order chi connectivity index (χ0) is 23.3. The highest BCUT2D eigenvalue weighted by Crippen LogP contribution is 2.39. The number of carbonyl (C=O) groups excluding carboxylic acids is 1. The molecule has 7 nitrogen and oxygen atoms in total. The second kappa shape index (κ2) is 10.5. The number of carbonyl (C=O) groups is 1. The standard InChI is InChI=1S/C23H24FNO6S/c1-29-19-6-13(7-20(30-2)23(19)31-3)22(28)21(32-12-16(27)11-26)8-14-10-25-18-9-15(24)4-5-17(14)18/h4-10,16,25-27H,11-12H2,1-3H3/b21-8+. The van der Waals surface area contributed by atoms with E-state index in [0.29, 0.717) is 38.8 Å². The summed E-state index contributed by atoms with van der Waals surface area (Å²) in [7, 11) is 4.39. The van der Waals surface area contributed by atoms with E-state index in [2.05, 4.69) is 4.98 Å². The van der Waals surface area contributed by atoms with Crippen molar-refractivity contribution in [2.45, 2.75) is 6.10 Å². The minimum absolute atomic E-state index is 0.107. The van der Waals surface area contributed by atoms with Crippen LogP contribution in [0.2, 0.25) is 0 Å². The Balaban J connectivity index is 2.07. The number of hydrogen-bond acceptors (Lipinski definition) is 7. The van der Waals surface area contributed by atoms with Crippen LogP contribution in [0, 0.1) is 5.82 Å². The Bertz CT molecular complexity index is 1120. The maximum absolute atomic E-state index is 13.5. The lowest BCUT2D eigenvalue weighted by Crippen LogP contribution is -2.16. The van der Waals surface area contributed by atoms with Crippen molar-refractivity contribution in [3.05, 3.63) is 58.4 Å². The van der Waals surface area contributed by atoms with Gasteiger partial charge >= 0.3 is 0 Å². The van der Waals surface area contributed by atoms with Gasteiger partial charge in [-0.15, -0.1) is 11.8 Å². The van der Waals surface area contributed by atoms with Crippen molar-refractivity contribution < 1.29 is 33.6 Å². The number of ketones is 1. The molecule has 0 bridgehead atoms. The predicted molar refractivity (Wildman–Crippen MR) is 122 cm³/mol. The number of H-pyrrole nitrogens is 1. The van der Waals surface area contributed by atoms with Gasteiger partial charge in [0.05, 0.1) is 38.9 Å². The molecule has 32 heavy (non-hydrogen) atoms. The number of aliphatic hydroxyl groups is 2. The smallest absolute Gasteiger partial charge is 0.203 e. The van der Waals surface area contributed by atoms with Gasteiger partial charge in [0.2, 0.25) is 5.75 Å². The Hall–Kier alpha value is -3.01. The van der Waals surface area contributed by atoms with Gasteiger partial charge in [-0.25, -0.2) is 4.39 Å². The summed E-state index contributed by atoms with van der Waals surface area (Å²) < 4.78 is 29.5. The van der Waals surface area contributed by atoms with Crippen LogP contribution in [0.25, 0.3) is 17.0 Å². The van der Waals surface area contributed by atoms with Crippen molar-refractivity contribution in [3.63, 3.8) is 0 Å². The van der Waals surface area contributed by atoms with E-state index in [4.69, 9.17) is 19.3 Å². The van der Waals surface area contributed by atoms with Crippen LogP contribution < -0.4 is 14.2 Å². The van der Waals surface area contributed by atoms with Crippen LogP contribution in [0.15, 0.2) is 41.4 Å². The average Bonchev–Trinajstić information content (AvgIpc) is 3.21. The molecule has 2 aromatic carbocycles. The Kier molecular flexibility index (Phi) is 7.79. The number of hydrogen-bond donors (Lipinski definition) is 3. The highest BCUT2D eigenvalue weighted by molar-refractivity contribution is 8.04. The normalized spacial score (nSPS) is 12.6. The van der Waals surface area contributed by atoms with E-state index in [1.165, 1.54) is 33.5 Å². The summed E-state index contributed by atoms with van der Waals surface area (Å²) in [5.41, 5.74) is 1.57. The van der Waals surface area contributed by atoms with Crippen LogP contribution >= 0.6 is 11.8 Å². The van der Waals surface area contributed by atoms with Crippen LogP contribution in [-0.2, 0) is 0 Å². The van der Waals surface area contributed by atoms with Gasteiger partial charge in [-0.1, -0.05) is 0 Å². The number of Topliss-reactive ketones (excluding diaryl/α,β-unsaturated/α-hetero) is 1. The Morgan fingerprint density at radius 1 is 1.16 bits per heavy atom. The van der Waals surface area contributed by atoms with E-state index >= 15 is 0 Å². The number of aromatic nitrogens is 1. The number of thioether (sulfide) groups is 1. The van der Waals surface area contributed by atoms with Crippen molar-refractivity contribution in [1.82, 2.24) is 4.98 Å². The molecule has 3 aromatic rings. The fourth-order valence-corrected chi connectivity index (χ4v) is 4.08. The van der Waals surface area contributed by atoms with E-state index in [0.717, 1.165) is 17.1 Å². The highest BCUT2D eigenvalue weighted by atomic mass is 32.2. The molecule has 0 amide bonds. The first-order chi connectivity index (χ1) is 15.4. The lowest BCUT2D eigenvalue weighted by molar-refractivity contribution is 0.104. The SMILES string of the molecule is COc1cc(C(=O)/C(=C\c2c[nH]c3cc(F)ccc23)SCC(O)CO)cc(OC)c1OC. The number of allylic oxidation sites excluding steroid dienone is 1. The third-order valence-electron chi connectivity index (χ3n) is 4.76. The first kappa shape index (κ1) is 23.6. The first-order valence-electron chi connectivity index (χ1n) is 9.66. The molecule has 0 aliphatic heterocycles. The molecule has 0 radical (unpaired) electrons. The lowest BCUT2D eigenvalue weighted by atomic mass is 10.1. The summed E-state index contributed by atoms with van der Waals surface area (Å²) in [6.45, 7) is -0.426. The van der Waals surface area contributed by atoms with Gasteiger partial charge < -0.3 is 29.4 Å². The third-order valence-corrected chi connectivity index (χ3v) is 5.92. The van der Waals surface area contributed by atoms with E-state index in [1.54, 1.807) is 30.5 Å². The molecule has 1 heterocycles. The average molecular weight is 462 g/mol. The van der Waals surface area contributed by atoms with E-state index in [9.17, 15) is 14.3 Å². The van der Waals surface area contributed by atoms with Crippen molar-refractivity contribution in [3.8, 4) is 17.2 Å². The fourth-order valence-electron chi connectivity index (χ4n) is 3.15. The second-order valence-electron chi connectivity index (χ2n) is 6.83. The Morgan fingerprint density at radius 3 is 2.44 bits per heavy atom. The summed E-state index contributed by atoms with van der Waals surface area (Å²) in [6.07, 6.45) is 2.35. The molecule has 1 aromatic heterocycles. The number of benzene rings is 2. The number of aliphatic hydroxyl groups excluding tert-OH is 2. The van der Waals surface area contributed by atoms with Crippen molar-refractivity contribution in [1.29, 1.82) is 0 Å². The number of nitrogens with one attached hydrogen (secondary N) is 1. The number of ether oxygens (including phenoxy) is 3. The largest absolute Gasteiger partial charge is 0.493 e. The molecular formula is C23H24FNO6S. The van der Waals surface area contributed by atoms with Crippen LogP contribution in [0.5, 0.6) is 17.2 Å². The van der Waals surface area contributed by atoms with E-state index in [1.807, 2.05) is 0 Å². The van der Waals surface area contributed by atoms with Gasteiger partial charge in [-0.2, -0.15) is 0 Å². The second-order valence-corrected chi connectivity index (χ2v) is 7.89. The van der Waals surface area contributed by atoms with Crippen molar-refractivity contribution in [2.75, 3.05) is 33.7 Å². The van der Waals surface area contributed by atoms with Gasteiger partial charge in [-0.05, 0) is 36.4 Å². The molecule has 0 saturated heterocycles. The van der Waals surface area contributed by atoms with Gasteiger partial charge in [0.15, 0.2) is 17.3 Å². The fraction of sp³-hybridized carbons (Fsp3) is 0.261. The molecule has 0 spiro atoms. The zero-order valence-electron chi connectivity index (χ0n) is 17.8. The quantitative estimate of drug-likeness (QED) is 0.313. The molecular weight excluding hydrogens is 437 g/mol. The number of aromatic amines is 1. The third kappa shape index (κ3) is 5.07. The summed E-state index contributed by atoms with van der Waals surface area (Å²) in [6, 6.07) is 7.44. The Labute approximate surface area is 188 Å². The molecule has 0 saturated carbocycles. The number of halogens is 1. The Morgan fingerprint density at radius 2 is 1.84 bits per heavy atom. The number of fused-ring (bicyclic) bond motifs is 1. The molecule has 1 atom stereocenters. The lowest BCUT2D eigenvalue weighted by Gasteiger charge is -2.15. The van der Waals surface area contributed by atoms with Crippen LogP contribution in [0.1, 0.15) is 15.9 Å². The first-order valence-corrected chi connectivity index (χ1v) is 10.6. The highest BCUT2D eigenvalue weighted by Gasteiger charge is 2.21. The van der Waals surface area contributed by atoms with Crippen molar-refractivity contribution >= 4 is 34.5 Å². The van der Waals surface area contributed by atoms with Gasteiger partial charge in [-0.3, -0.25) is 4.79 Å². The topological polar surface area (TPSA) is 101 Å². The molecule has 170 valence electrons. The summed E-state index contributed by atoms with van der Waals surface area (Å²) in [4.78, 5) is 16.7. The van der Waals surface area contributed by atoms with E-state index < -0.39 is 12.7 Å². The maximum atomic E-state index is 13.5. The molecule has 1 unspecified atom stereocenters. The molecule has 0 aliphatic rings. The van der Waals surface area contributed by atoms with E-state index in [-0.39, 0.29) is 17.4 Å². The number of rotatable bonds is 10. The summed E-state index contributed by atoms with van der Waals surface area (Å²) >= 11 is 1.10. The summed E-state index contributed by atoms with van der Waals surface area (Å²) in [5, 5.41) is 19.7. The van der Waals surface area contributed by atoms with Crippen LogP contribution in [-0.4, -0.2) is 60.8 Å². The molecule has 0 aliphatic carbocycles. The maximum Gasteiger partial charge on any atom is 0.203 e.